The van der Waals surface area contributed by atoms with E-state index in [-0.39, 0.29) is 23.7 Å². The molecule has 0 unspecified atom stereocenters. The molecule has 1 fully saturated rings. The number of hydrazone groups is 1. The molecule has 4 nitrogen and oxygen atoms in total. The van der Waals surface area contributed by atoms with Crippen LogP contribution in [0.5, 0.6) is 0 Å². The molecule has 0 saturated carbocycles. The summed E-state index contributed by atoms with van der Waals surface area (Å²) >= 11 is 5.93. The van der Waals surface area contributed by atoms with Crippen molar-refractivity contribution in [1.29, 1.82) is 0 Å². The zero-order valence-electron chi connectivity index (χ0n) is 15.9. The number of halogens is 1. The molecule has 4 aliphatic rings. The first-order valence-corrected chi connectivity index (χ1v) is 10.4. The Hall–Kier alpha value is -3.24. The highest BCUT2D eigenvalue weighted by Gasteiger charge is 2.61. The fourth-order valence-corrected chi connectivity index (χ4v) is 5.57. The fourth-order valence-electron chi connectivity index (χ4n) is 5.45. The van der Waals surface area contributed by atoms with Crippen LogP contribution in [0.3, 0.4) is 0 Å². The number of rotatable bonds is 2. The summed E-state index contributed by atoms with van der Waals surface area (Å²) in [6.07, 6.45) is 1.55. The molecule has 1 aliphatic heterocycles. The second-order valence-corrected chi connectivity index (χ2v) is 8.49. The summed E-state index contributed by atoms with van der Waals surface area (Å²) in [4.78, 5) is 26.8. The molecule has 30 heavy (non-hydrogen) atoms. The molecule has 1 heterocycles. The van der Waals surface area contributed by atoms with E-state index in [1.807, 2.05) is 24.3 Å². The van der Waals surface area contributed by atoms with Gasteiger partial charge in [-0.3, -0.25) is 9.59 Å². The van der Waals surface area contributed by atoms with Gasteiger partial charge in [-0.05, 0) is 39.9 Å². The Morgan fingerprint density at radius 1 is 0.700 bits per heavy atom. The van der Waals surface area contributed by atoms with Crippen LogP contribution in [0.2, 0.25) is 5.02 Å². The molecule has 3 aliphatic carbocycles. The quantitative estimate of drug-likeness (QED) is 0.457. The summed E-state index contributed by atoms with van der Waals surface area (Å²) in [5.41, 5.74) is 5.42. The maximum Gasteiger partial charge on any atom is 0.254 e. The predicted octanol–water partition coefficient (Wildman–Crippen LogP) is 4.57. The van der Waals surface area contributed by atoms with Gasteiger partial charge < -0.3 is 0 Å². The second kappa shape index (κ2) is 6.38. The predicted molar refractivity (Wildman–Crippen MR) is 114 cm³/mol. The molecule has 2 atom stereocenters. The smallest absolute Gasteiger partial charge is 0.254 e. The van der Waals surface area contributed by atoms with Crippen molar-refractivity contribution in [1.82, 2.24) is 5.01 Å². The Labute approximate surface area is 178 Å². The third kappa shape index (κ3) is 2.31. The van der Waals surface area contributed by atoms with Crippen molar-refractivity contribution < 1.29 is 9.59 Å². The molecule has 3 aromatic carbocycles. The molecule has 0 N–H and O–H groups in total. The maximum absolute atomic E-state index is 13.4. The van der Waals surface area contributed by atoms with Crippen LogP contribution in [0.4, 0.5) is 0 Å². The summed E-state index contributed by atoms with van der Waals surface area (Å²) in [5, 5.41) is 6.01. The zero-order valence-corrected chi connectivity index (χ0v) is 16.7. The van der Waals surface area contributed by atoms with Gasteiger partial charge in [0.2, 0.25) is 0 Å². The van der Waals surface area contributed by atoms with Crippen molar-refractivity contribution >= 4 is 29.6 Å². The average molecular weight is 413 g/mol. The van der Waals surface area contributed by atoms with Gasteiger partial charge in [0.25, 0.3) is 11.8 Å². The minimum absolute atomic E-state index is 0.111. The molecule has 3 aromatic rings. The summed E-state index contributed by atoms with van der Waals surface area (Å²) in [6.45, 7) is 0. The van der Waals surface area contributed by atoms with Crippen LogP contribution in [-0.4, -0.2) is 23.0 Å². The average Bonchev–Trinajstić information content (AvgIpc) is 3.04. The molecule has 1 saturated heterocycles. The highest BCUT2D eigenvalue weighted by molar-refractivity contribution is 6.30. The molecule has 2 bridgehead atoms. The van der Waals surface area contributed by atoms with Crippen LogP contribution in [-0.2, 0) is 9.59 Å². The summed E-state index contributed by atoms with van der Waals surface area (Å²) in [7, 11) is 0. The number of carbonyl (C=O) groups excluding carboxylic acids is 2. The van der Waals surface area contributed by atoms with Crippen molar-refractivity contribution in [2.24, 2.45) is 16.9 Å². The zero-order chi connectivity index (χ0) is 20.4. The third-order valence-electron chi connectivity index (χ3n) is 6.62. The Morgan fingerprint density at radius 3 is 1.57 bits per heavy atom. The van der Waals surface area contributed by atoms with E-state index in [4.69, 9.17) is 11.6 Å². The largest absolute Gasteiger partial charge is 0.272 e. The number of carbonyl (C=O) groups is 2. The van der Waals surface area contributed by atoms with Gasteiger partial charge in [-0.1, -0.05) is 72.3 Å². The van der Waals surface area contributed by atoms with E-state index in [1.54, 1.807) is 30.5 Å². The molecule has 0 spiro atoms. The first kappa shape index (κ1) is 17.6. The van der Waals surface area contributed by atoms with E-state index in [1.165, 1.54) is 0 Å². The maximum atomic E-state index is 13.4. The number of hydrogen-bond acceptors (Lipinski definition) is 3. The highest BCUT2D eigenvalue weighted by atomic mass is 35.5. The van der Waals surface area contributed by atoms with E-state index in [0.717, 1.165) is 32.8 Å². The molecule has 7 rings (SSSR count). The lowest BCUT2D eigenvalue weighted by Gasteiger charge is -2.45. The SMILES string of the molecule is O=C1[C@@H]2C3c4ccccc4C(c4ccccc43)[C@H]2C(=O)N1/N=C\c1ccc(Cl)cc1. The number of benzene rings is 3. The van der Waals surface area contributed by atoms with Crippen LogP contribution >= 0.6 is 11.6 Å². The Balaban J connectivity index is 1.45. The van der Waals surface area contributed by atoms with Crippen LogP contribution in [0.25, 0.3) is 0 Å². The first-order valence-electron chi connectivity index (χ1n) is 10.00. The fraction of sp³-hybridized carbons (Fsp3) is 0.160. The van der Waals surface area contributed by atoms with Gasteiger partial charge >= 0.3 is 0 Å². The summed E-state index contributed by atoms with van der Waals surface area (Å²) in [6, 6.07) is 23.5. The Bertz CT molecular complexity index is 1120. The minimum Gasteiger partial charge on any atom is -0.272 e. The van der Waals surface area contributed by atoms with Crippen LogP contribution in [0.1, 0.15) is 39.7 Å². The number of nitrogens with zero attached hydrogens (tertiary/aromatic N) is 2. The van der Waals surface area contributed by atoms with E-state index in [0.29, 0.717) is 5.02 Å². The van der Waals surface area contributed by atoms with E-state index < -0.39 is 11.8 Å². The summed E-state index contributed by atoms with van der Waals surface area (Å²) < 4.78 is 0. The normalized spacial score (nSPS) is 26.1. The van der Waals surface area contributed by atoms with Crippen molar-refractivity contribution in [3.8, 4) is 0 Å². The molecule has 0 radical (unpaired) electrons. The number of hydrogen-bond donors (Lipinski definition) is 0. The first-order chi connectivity index (χ1) is 14.6. The van der Waals surface area contributed by atoms with Crippen molar-refractivity contribution in [2.45, 2.75) is 11.8 Å². The molecule has 0 aromatic heterocycles. The highest BCUT2D eigenvalue weighted by Crippen LogP contribution is 2.60. The Morgan fingerprint density at radius 2 is 1.13 bits per heavy atom. The monoisotopic (exact) mass is 412 g/mol. The molecule has 146 valence electrons. The lowest BCUT2D eigenvalue weighted by molar-refractivity contribution is -0.139. The van der Waals surface area contributed by atoms with E-state index in [9.17, 15) is 9.59 Å². The van der Waals surface area contributed by atoms with Crippen LogP contribution in [0.15, 0.2) is 77.9 Å². The van der Waals surface area contributed by atoms with Gasteiger partial charge in [-0.25, -0.2) is 0 Å². The molecular formula is C25H17ClN2O2. The number of amides is 2. The molecule has 2 amide bonds. The van der Waals surface area contributed by atoms with Crippen molar-refractivity contribution in [2.75, 3.05) is 0 Å². The topological polar surface area (TPSA) is 49.7 Å². The van der Waals surface area contributed by atoms with E-state index in [2.05, 4.69) is 29.4 Å². The van der Waals surface area contributed by atoms with Gasteiger partial charge in [0, 0.05) is 16.9 Å². The van der Waals surface area contributed by atoms with Gasteiger partial charge in [0.05, 0.1) is 18.1 Å². The molecular weight excluding hydrogens is 396 g/mol. The number of imide groups is 1. The second-order valence-electron chi connectivity index (χ2n) is 8.05. The molecule has 5 heteroatoms. The van der Waals surface area contributed by atoms with Crippen molar-refractivity contribution in [3.63, 3.8) is 0 Å². The lowest BCUT2D eigenvalue weighted by atomic mass is 9.55. The lowest BCUT2D eigenvalue weighted by Crippen LogP contribution is -2.41. The van der Waals surface area contributed by atoms with Crippen LogP contribution in [0, 0.1) is 11.8 Å². The van der Waals surface area contributed by atoms with Gasteiger partial charge in [0.15, 0.2) is 0 Å². The minimum atomic E-state index is -0.408. The standard InChI is InChI=1S/C25H17ClN2O2/c26-15-11-9-14(10-12-15)13-27-28-24(29)22-20-16-5-1-2-6-17(16)21(23(22)25(28)30)19-8-4-3-7-18(19)20/h1-13,20-23H/b27-13-/t20?,21?,22-,23-/m1/s1. The van der Waals surface area contributed by atoms with Gasteiger partial charge in [-0.2, -0.15) is 10.1 Å². The van der Waals surface area contributed by atoms with Crippen LogP contribution < -0.4 is 0 Å². The van der Waals surface area contributed by atoms with Gasteiger partial charge in [-0.15, -0.1) is 0 Å². The third-order valence-corrected chi connectivity index (χ3v) is 6.87. The summed E-state index contributed by atoms with van der Waals surface area (Å²) in [5.74, 6) is -1.47. The van der Waals surface area contributed by atoms with Crippen molar-refractivity contribution in [3.05, 3.63) is 106 Å². The Kier molecular flexibility index (Phi) is 3.74. The van der Waals surface area contributed by atoms with Gasteiger partial charge in [0.1, 0.15) is 0 Å². The van der Waals surface area contributed by atoms with E-state index >= 15 is 0 Å².